The van der Waals surface area contributed by atoms with E-state index in [0.29, 0.717) is 12.1 Å². The Labute approximate surface area is 157 Å². The number of carbonyl (C=O) groups is 1. The molecule has 2 aromatic carbocycles. The van der Waals surface area contributed by atoms with Crippen molar-refractivity contribution in [3.05, 3.63) is 84.6 Å². The van der Waals surface area contributed by atoms with Gasteiger partial charge in [-0.2, -0.15) is 5.10 Å². The van der Waals surface area contributed by atoms with E-state index >= 15 is 0 Å². The summed E-state index contributed by atoms with van der Waals surface area (Å²) in [5.41, 5.74) is 2.81. The minimum Gasteiger partial charge on any atom is -0.350 e. The summed E-state index contributed by atoms with van der Waals surface area (Å²) >= 11 is 0. The van der Waals surface area contributed by atoms with Gasteiger partial charge in [0.25, 0.3) is 5.91 Å². The predicted molar refractivity (Wildman–Crippen MR) is 104 cm³/mol. The van der Waals surface area contributed by atoms with Gasteiger partial charge >= 0.3 is 0 Å². The molecule has 2 aromatic heterocycles. The summed E-state index contributed by atoms with van der Waals surface area (Å²) in [5, 5.41) is 8.32. The molecule has 6 nitrogen and oxygen atoms in total. The van der Waals surface area contributed by atoms with Crippen molar-refractivity contribution in [3.63, 3.8) is 0 Å². The van der Waals surface area contributed by atoms with Crippen molar-refractivity contribution in [2.45, 2.75) is 19.0 Å². The topological polar surface area (TPSA) is 64.7 Å². The molecule has 0 saturated carbocycles. The Bertz CT molecular complexity index is 1040. The largest absolute Gasteiger partial charge is 0.350 e. The highest BCUT2D eigenvalue weighted by Crippen LogP contribution is 2.23. The Morgan fingerprint density at radius 3 is 2.67 bits per heavy atom. The summed E-state index contributed by atoms with van der Waals surface area (Å²) in [5.74, 6) is -0.0701. The number of rotatable bonds is 6. The maximum absolute atomic E-state index is 13.1. The van der Waals surface area contributed by atoms with Crippen LogP contribution >= 0.6 is 0 Å². The lowest BCUT2D eigenvalue weighted by Gasteiger charge is -2.19. The van der Waals surface area contributed by atoms with Crippen molar-refractivity contribution in [2.24, 2.45) is 7.05 Å². The second-order valence-electron chi connectivity index (χ2n) is 6.55. The molecule has 1 atom stereocenters. The van der Waals surface area contributed by atoms with Crippen molar-refractivity contribution in [3.8, 4) is 0 Å². The number of hydrogen-bond donors (Lipinski definition) is 1. The van der Waals surface area contributed by atoms with Crippen molar-refractivity contribution in [2.75, 3.05) is 0 Å². The van der Waals surface area contributed by atoms with Gasteiger partial charge in [0, 0.05) is 30.7 Å². The fraction of sp³-hybridized carbons (Fsp3) is 0.190. The molecule has 0 aliphatic heterocycles. The van der Waals surface area contributed by atoms with Gasteiger partial charge < -0.3 is 9.88 Å². The molecular weight excluding hydrogens is 338 g/mol. The zero-order valence-corrected chi connectivity index (χ0v) is 15.1. The average Bonchev–Trinajstić information content (AvgIpc) is 3.34. The molecule has 1 amide bonds. The first-order valence-electron chi connectivity index (χ1n) is 8.94. The number of benzene rings is 2. The molecule has 2 heterocycles. The Hall–Kier alpha value is -3.41. The van der Waals surface area contributed by atoms with Crippen LogP contribution in [0.1, 0.15) is 28.4 Å². The zero-order valence-electron chi connectivity index (χ0n) is 15.1. The molecule has 0 saturated heterocycles. The molecule has 6 heteroatoms. The monoisotopic (exact) mass is 359 g/mol. The van der Waals surface area contributed by atoms with Crippen LogP contribution in [0.3, 0.4) is 0 Å². The fourth-order valence-corrected chi connectivity index (χ4v) is 3.38. The molecule has 136 valence electrons. The number of fused-ring (bicyclic) bond motifs is 1. The van der Waals surface area contributed by atoms with E-state index in [1.165, 1.54) is 6.33 Å². The molecule has 4 aromatic rings. The Morgan fingerprint density at radius 1 is 1.11 bits per heavy atom. The summed E-state index contributed by atoms with van der Waals surface area (Å²) in [7, 11) is 1.96. The third-order valence-corrected chi connectivity index (χ3v) is 4.76. The number of aromatic nitrogens is 4. The lowest BCUT2D eigenvalue weighted by molar-refractivity contribution is 0.0935. The Kier molecular flexibility index (Phi) is 4.70. The Balaban J connectivity index is 1.59. The van der Waals surface area contributed by atoms with Crippen LogP contribution in [0, 0.1) is 0 Å². The van der Waals surface area contributed by atoms with Crippen LogP contribution in [0.5, 0.6) is 0 Å². The van der Waals surface area contributed by atoms with E-state index < -0.39 is 0 Å². The van der Waals surface area contributed by atoms with Crippen LogP contribution in [0.15, 0.2) is 73.4 Å². The number of nitrogens with one attached hydrogen (secondary N) is 1. The van der Waals surface area contributed by atoms with Crippen LogP contribution in [-0.2, 0) is 13.6 Å². The van der Waals surface area contributed by atoms with Crippen molar-refractivity contribution in [1.82, 2.24) is 24.6 Å². The van der Waals surface area contributed by atoms with Crippen molar-refractivity contribution < 1.29 is 4.79 Å². The summed E-state index contributed by atoms with van der Waals surface area (Å²) < 4.78 is 3.76. The van der Waals surface area contributed by atoms with E-state index in [1.807, 2.05) is 72.4 Å². The quantitative estimate of drug-likeness (QED) is 0.574. The minimum atomic E-state index is -0.109. The van der Waals surface area contributed by atoms with Crippen LogP contribution in [-0.4, -0.2) is 25.2 Å². The highest BCUT2D eigenvalue weighted by atomic mass is 16.1. The third kappa shape index (κ3) is 3.60. The molecule has 0 aliphatic carbocycles. The standard InChI is InChI=1S/C21H21N5O/c1-25-13-18(17-9-5-6-10-20(17)25)21(27)24-19(16-7-3-2-4-8-16)11-12-26-15-22-14-23-26/h2-10,13-15,19H,11-12H2,1H3,(H,24,27). The van der Waals surface area contributed by atoms with E-state index in [-0.39, 0.29) is 11.9 Å². The molecular formula is C21H21N5O. The van der Waals surface area contributed by atoms with Crippen LogP contribution < -0.4 is 5.32 Å². The molecule has 4 rings (SSSR count). The third-order valence-electron chi connectivity index (χ3n) is 4.76. The van der Waals surface area contributed by atoms with Crippen LogP contribution in [0.2, 0.25) is 0 Å². The van der Waals surface area contributed by atoms with Crippen molar-refractivity contribution >= 4 is 16.8 Å². The normalized spacial score (nSPS) is 12.2. The molecule has 0 fully saturated rings. The average molecular weight is 359 g/mol. The lowest BCUT2D eigenvalue weighted by atomic mass is 10.0. The number of para-hydroxylation sites is 1. The molecule has 0 spiro atoms. The number of nitrogens with zero attached hydrogens (tertiary/aromatic N) is 4. The van der Waals surface area contributed by atoms with Gasteiger partial charge in [-0.3, -0.25) is 9.48 Å². The maximum Gasteiger partial charge on any atom is 0.253 e. The van der Waals surface area contributed by atoms with Gasteiger partial charge in [0.2, 0.25) is 0 Å². The lowest BCUT2D eigenvalue weighted by Crippen LogP contribution is -2.29. The van der Waals surface area contributed by atoms with Gasteiger partial charge in [-0.1, -0.05) is 48.5 Å². The molecule has 27 heavy (non-hydrogen) atoms. The Morgan fingerprint density at radius 2 is 1.89 bits per heavy atom. The number of hydrogen-bond acceptors (Lipinski definition) is 3. The fourth-order valence-electron chi connectivity index (χ4n) is 3.38. The second-order valence-corrected chi connectivity index (χ2v) is 6.55. The van der Waals surface area contributed by atoms with Crippen LogP contribution in [0.25, 0.3) is 10.9 Å². The number of aryl methyl sites for hydroxylation is 2. The smallest absolute Gasteiger partial charge is 0.253 e. The summed E-state index contributed by atoms with van der Waals surface area (Å²) in [6, 6.07) is 17.9. The van der Waals surface area contributed by atoms with Gasteiger partial charge in [-0.05, 0) is 18.1 Å². The molecule has 0 aliphatic rings. The van der Waals surface area contributed by atoms with E-state index in [0.717, 1.165) is 22.9 Å². The molecule has 1 N–H and O–H groups in total. The van der Waals surface area contributed by atoms with Gasteiger partial charge in [-0.15, -0.1) is 0 Å². The zero-order chi connectivity index (χ0) is 18.6. The number of carbonyl (C=O) groups excluding carboxylic acids is 1. The van der Waals surface area contributed by atoms with Gasteiger partial charge in [0.05, 0.1) is 11.6 Å². The SMILES string of the molecule is Cn1cc(C(=O)NC(CCn2cncn2)c2ccccc2)c2ccccc21. The number of amides is 1. The maximum atomic E-state index is 13.1. The molecule has 0 bridgehead atoms. The van der Waals surface area contributed by atoms with E-state index in [9.17, 15) is 4.79 Å². The second kappa shape index (κ2) is 7.45. The highest BCUT2D eigenvalue weighted by molar-refractivity contribution is 6.07. The molecule has 1 unspecified atom stereocenters. The van der Waals surface area contributed by atoms with Gasteiger partial charge in [0.1, 0.15) is 12.7 Å². The summed E-state index contributed by atoms with van der Waals surface area (Å²) in [6.07, 6.45) is 5.82. The first kappa shape index (κ1) is 17.0. The predicted octanol–water partition coefficient (Wildman–Crippen LogP) is 3.33. The minimum absolute atomic E-state index is 0.0701. The van der Waals surface area contributed by atoms with E-state index in [1.54, 1.807) is 11.0 Å². The first-order valence-corrected chi connectivity index (χ1v) is 8.94. The first-order chi connectivity index (χ1) is 13.2. The van der Waals surface area contributed by atoms with Gasteiger partial charge in [0.15, 0.2) is 0 Å². The van der Waals surface area contributed by atoms with Gasteiger partial charge in [-0.25, -0.2) is 4.98 Å². The summed E-state index contributed by atoms with van der Waals surface area (Å²) in [4.78, 5) is 17.0. The van der Waals surface area contributed by atoms with Crippen LogP contribution in [0.4, 0.5) is 0 Å². The van der Waals surface area contributed by atoms with E-state index in [4.69, 9.17) is 0 Å². The highest BCUT2D eigenvalue weighted by Gasteiger charge is 2.19. The molecule has 0 radical (unpaired) electrons. The van der Waals surface area contributed by atoms with Crippen molar-refractivity contribution in [1.29, 1.82) is 0 Å². The van der Waals surface area contributed by atoms with E-state index in [2.05, 4.69) is 15.4 Å². The summed E-state index contributed by atoms with van der Waals surface area (Å²) in [6.45, 7) is 0.676.